The molecule has 0 atom stereocenters. The van der Waals surface area contributed by atoms with Crippen LogP contribution in [0.2, 0.25) is 0 Å². The number of aliphatic hydroxyl groups is 1. The van der Waals surface area contributed by atoms with Crippen LogP contribution in [-0.4, -0.2) is 21.2 Å². The van der Waals surface area contributed by atoms with E-state index >= 15 is 0 Å². The molecule has 3 nitrogen and oxygen atoms in total. The molecule has 0 amide bonds. The summed E-state index contributed by atoms with van der Waals surface area (Å²) in [4.78, 5) is 8.25. The Balaban J connectivity index is 1.87. The molecule has 3 rings (SSSR count). The molecular weight excluding hydrogens is 316 g/mol. The van der Waals surface area contributed by atoms with Gasteiger partial charge in [-0.15, -0.1) is 0 Å². The SMILES string of the molecule is Cc1[nH]c(C2CCC(O)CC2)nc1-c1cccc(Br)c1. The molecule has 0 bridgehead atoms. The lowest BCUT2D eigenvalue weighted by Gasteiger charge is -2.23. The second kappa shape index (κ2) is 5.70. The number of nitrogens with zero attached hydrogens (tertiary/aromatic N) is 1. The average Bonchev–Trinajstić information content (AvgIpc) is 2.82. The number of aliphatic hydroxyl groups excluding tert-OH is 1. The normalized spacial score (nSPS) is 22.9. The number of hydrogen-bond donors (Lipinski definition) is 2. The monoisotopic (exact) mass is 334 g/mol. The molecule has 1 fully saturated rings. The summed E-state index contributed by atoms with van der Waals surface area (Å²) in [5.41, 5.74) is 3.28. The van der Waals surface area contributed by atoms with Gasteiger partial charge in [0.1, 0.15) is 5.82 Å². The fourth-order valence-electron chi connectivity index (χ4n) is 2.94. The summed E-state index contributed by atoms with van der Waals surface area (Å²) >= 11 is 3.51. The average molecular weight is 335 g/mol. The van der Waals surface area contributed by atoms with Gasteiger partial charge in [-0.1, -0.05) is 28.1 Å². The Bertz CT molecular complexity index is 600. The highest BCUT2D eigenvalue weighted by Crippen LogP contribution is 2.33. The fraction of sp³-hybridized carbons (Fsp3) is 0.438. The van der Waals surface area contributed by atoms with E-state index in [1.165, 1.54) is 0 Å². The maximum Gasteiger partial charge on any atom is 0.110 e. The van der Waals surface area contributed by atoms with Crippen molar-refractivity contribution in [2.24, 2.45) is 0 Å². The molecule has 2 N–H and O–H groups in total. The molecule has 0 aliphatic heterocycles. The molecule has 106 valence electrons. The summed E-state index contributed by atoms with van der Waals surface area (Å²) in [6.07, 6.45) is 3.69. The molecular formula is C16H19BrN2O. The quantitative estimate of drug-likeness (QED) is 0.865. The van der Waals surface area contributed by atoms with Crippen molar-refractivity contribution in [2.45, 2.75) is 44.6 Å². The summed E-state index contributed by atoms with van der Waals surface area (Å²) in [5.74, 6) is 1.53. The Kier molecular flexibility index (Phi) is 3.94. The fourth-order valence-corrected chi connectivity index (χ4v) is 3.34. The highest BCUT2D eigenvalue weighted by atomic mass is 79.9. The van der Waals surface area contributed by atoms with Crippen LogP contribution < -0.4 is 0 Å². The minimum absolute atomic E-state index is 0.119. The largest absolute Gasteiger partial charge is 0.393 e. The van der Waals surface area contributed by atoms with Gasteiger partial charge in [0, 0.05) is 21.6 Å². The van der Waals surface area contributed by atoms with Gasteiger partial charge in [-0.2, -0.15) is 0 Å². The number of imidazole rings is 1. The van der Waals surface area contributed by atoms with Gasteiger partial charge < -0.3 is 10.1 Å². The predicted octanol–water partition coefficient (Wildman–Crippen LogP) is 4.17. The molecule has 0 radical (unpaired) electrons. The van der Waals surface area contributed by atoms with Gasteiger partial charge in [-0.05, 0) is 44.7 Å². The second-order valence-corrected chi connectivity index (χ2v) is 6.53. The van der Waals surface area contributed by atoms with E-state index in [4.69, 9.17) is 4.98 Å². The Morgan fingerprint density at radius 2 is 2.00 bits per heavy atom. The maximum atomic E-state index is 9.61. The summed E-state index contributed by atoms with van der Waals surface area (Å²) in [5, 5.41) is 9.61. The van der Waals surface area contributed by atoms with E-state index in [2.05, 4.69) is 40.0 Å². The van der Waals surface area contributed by atoms with E-state index < -0.39 is 0 Å². The number of hydrogen-bond acceptors (Lipinski definition) is 2. The Morgan fingerprint density at radius 1 is 1.25 bits per heavy atom. The zero-order valence-electron chi connectivity index (χ0n) is 11.6. The summed E-state index contributed by atoms with van der Waals surface area (Å²) in [6, 6.07) is 8.24. The van der Waals surface area contributed by atoms with Crippen molar-refractivity contribution in [2.75, 3.05) is 0 Å². The van der Waals surface area contributed by atoms with Crippen LogP contribution in [-0.2, 0) is 0 Å². The molecule has 1 heterocycles. The van der Waals surface area contributed by atoms with Crippen LogP contribution in [0.5, 0.6) is 0 Å². The Morgan fingerprint density at radius 3 is 2.70 bits per heavy atom. The molecule has 0 spiro atoms. The lowest BCUT2D eigenvalue weighted by molar-refractivity contribution is 0.121. The Labute approximate surface area is 127 Å². The van der Waals surface area contributed by atoms with Crippen molar-refractivity contribution in [3.05, 3.63) is 40.3 Å². The zero-order chi connectivity index (χ0) is 14.1. The predicted molar refractivity (Wildman–Crippen MR) is 83.7 cm³/mol. The minimum Gasteiger partial charge on any atom is -0.393 e. The lowest BCUT2D eigenvalue weighted by atomic mass is 9.87. The van der Waals surface area contributed by atoms with Crippen LogP contribution in [0.1, 0.15) is 43.1 Å². The number of nitrogens with one attached hydrogen (secondary N) is 1. The van der Waals surface area contributed by atoms with Crippen molar-refractivity contribution in [1.29, 1.82) is 0 Å². The molecule has 1 aliphatic carbocycles. The van der Waals surface area contributed by atoms with Crippen LogP contribution in [0.4, 0.5) is 0 Å². The van der Waals surface area contributed by atoms with Gasteiger partial charge in [0.15, 0.2) is 0 Å². The number of aromatic nitrogens is 2. The van der Waals surface area contributed by atoms with Crippen molar-refractivity contribution in [3.63, 3.8) is 0 Å². The lowest BCUT2D eigenvalue weighted by Crippen LogP contribution is -2.17. The Hall–Kier alpha value is -1.13. The molecule has 20 heavy (non-hydrogen) atoms. The summed E-state index contributed by atoms with van der Waals surface area (Å²) in [7, 11) is 0. The smallest absolute Gasteiger partial charge is 0.110 e. The molecule has 0 saturated heterocycles. The van der Waals surface area contributed by atoms with Gasteiger partial charge in [0.2, 0.25) is 0 Å². The van der Waals surface area contributed by atoms with Crippen LogP contribution in [0, 0.1) is 6.92 Å². The number of rotatable bonds is 2. The van der Waals surface area contributed by atoms with Crippen LogP contribution in [0.15, 0.2) is 28.7 Å². The highest BCUT2D eigenvalue weighted by Gasteiger charge is 2.24. The third-order valence-corrected chi connectivity index (χ3v) is 4.58. The van der Waals surface area contributed by atoms with E-state index in [1.807, 2.05) is 12.1 Å². The molecule has 1 saturated carbocycles. The molecule has 1 aromatic heterocycles. The van der Waals surface area contributed by atoms with Crippen molar-refractivity contribution in [3.8, 4) is 11.3 Å². The number of H-pyrrole nitrogens is 1. The van der Waals surface area contributed by atoms with E-state index in [-0.39, 0.29) is 6.10 Å². The van der Waals surface area contributed by atoms with Gasteiger partial charge in [0.05, 0.1) is 11.8 Å². The van der Waals surface area contributed by atoms with E-state index in [0.29, 0.717) is 5.92 Å². The van der Waals surface area contributed by atoms with E-state index in [0.717, 1.165) is 52.9 Å². The van der Waals surface area contributed by atoms with Crippen molar-refractivity contribution in [1.82, 2.24) is 9.97 Å². The number of aryl methyl sites for hydroxylation is 1. The zero-order valence-corrected chi connectivity index (χ0v) is 13.2. The third kappa shape index (κ3) is 2.81. The molecule has 4 heteroatoms. The van der Waals surface area contributed by atoms with Crippen molar-refractivity contribution < 1.29 is 5.11 Å². The van der Waals surface area contributed by atoms with Crippen molar-refractivity contribution >= 4 is 15.9 Å². The number of aromatic amines is 1. The standard InChI is InChI=1S/C16H19BrN2O/c1-10-15(12-3-2-4-13(17)9-12)19-16(18-10)11-5-7-14(20)8-6-11/h2-4,9,11,14,20H,5-8H2,1H3,(H,18,19). The first-order chi connectivity index (χ1) is 9.63. The molecule has 0 unspecified atom stereocenters. The van der Waals surface area contributed by atoms with Gasteiger partial charge in [-0.3, -0.25) is 0 Å². The summed E-state index contributed by atoms with van der Waals surface area (Å²) < 4.78 is 1.07. The molecule has 2 aromatic rings. The van der Waals surface area contributed by atoms with Gasteiger partial charge >= 0.3 is 0 Å². The van der Waals surface area contributed by atoms with Crippen LogP contribution >= 0.6 is 15.9 Å². The van der Waals surface area contributed by atoms with E-state index in [9.17, 15) is 5.11 Å². The highest BCUT2D eigenvalue weighted by molar-refractivity contribution is 9.10. The number of benzene rings is 1. The molecule has 1 aromatic carbocycles. The maximum absolute atomic E-state index is 9.61. The third-order valence-electron chi connectivity index (χ3n) is 4.08. The first kappa shape index (κ1) is 13.8. The van der Waals surface area contributed by atoms with Gasteiger partial charge in [-0.25, -0.2) is 4.98 Å². The molecule has 1 aliphatic rings. The van der Waals surface area contributed by atoms with Crippen LogP contribution in [0.25, 0.3) is 11.3 Å². The van der Waals surface area contributed by atoms with Gasteiger partial charge in [0.25, 0.3) is 0 Å². The minimum atomic E-state index is -0.119. The topological polar surface area (TPSA) is 48.9 Å². The van der Waals surface area contributed by atoms with Crippen LogP contribution in [0.3, 0.4) is 0 Å². The van der Waals surface area contributed by atoms with E-state index in [1.54, 1.807) is 0 Å². The summed E-state index contributed by atoms with van der Waals surface area (Å²) in [6.45, 7) is 2.07. The number of halogens is 1. The second-order valence-electron chi connectivity index (χ2n) is 5.61. The first-order valence-electron chi connectivity index (χ1n) is 7.14. The first-order valence-corrected chi connectivity index (χ1v) is 7.93.